The predicted octanol–water partition coefficient (Wildman–Crippen LogP) is 0.455. The van der Waals surface area contributed by atoms with Gasteiger partial charge in [-0.1, -0.05) is 0 Å². The van der Waals surface area contributed by atoms with Crippen molar-refractivity contribution in [1.82, 2.24) is 4.90 Å². The number of hydrogen-bond donors (Lipinski definition) is 0. The first-order valence-corrected chi connectivity index (χ1v) is 6.29. The summed E-state index contributed by atoms with van der Waals surface area (Å²) in [5.41, 5.74) is 0. The molecule has 3 atom stereocenters. The second kappa shape index (κ2) is 4.43. The van der Waals surface area contributed by atoms with Gasteiger partial charge in [-0.2, -0.15) is 0 Å². The second-order valence-electron chi connectivity index (χ2n) is 5.16. The number of nitrogens with zero attached hydrogens (tertiary/aromatic N) is 1. The topological polar surface area (TPSA) is 38.8 Å². The van der Waals surface area contributed by atoms with Gasteiger partial charge in [0.2, 0.25) is 0 Å². The molecule has 3 aliphatic rings. The van der Waals surface area contributed by atoms with Crippen LogP contribution in [0, 0.1) is 5.92 Å². The van der Waals surface area contributed by atoms with Crippen molar-refractivity contribution in [3.63, 3.8) is 0 Å². The first kappa shape index (κ1) is 10.7. The highest BCUT2D eigenvalue weighted by molar-refractivity contribution is 5.82. The molecule has 4 heteroatoms. The number of rotatable bonds is 2. The molecule has 3 fully saturated rings. The van der Waals surface area contributed by atoms with Crippen LogP contribution >= 0.6 is 0 Å². The Kier molecular flexibility index (Phi) is 2.96. The molecule has 2 bridgehead atoms. The molecule has 3 rings (SSSR count). The maximum atomic E-state index is 11.7. The fourth-order valence-corrected chi connectivity index (χ4v) is 3.01. The monoisotopic (exact) mass is 225 g/mol. The van der Waals surface area contributed by atoms with Gasteiger partial charge in [0.1, 0.15) is 5.78 Å². The lowest BCUT2D eigenvalue weighted by Gasteiger charge is -2.34. The van der Waals surface area contributed by atoms with Crippen LogP contribution in [0.25, 0.3) is 0 Å². The Balaban J connectivity index is 1.56. The summed E-state index contributed by atoms with van der Waals surface area (Å²) < 4.78 is 11.2. The number of ether oxygens (including phenoxy) is 2. The predicted molar refractivity (Wildman–Crippen MR) is 58.3 cm³/mol. The van der Waals surface area contributed by atoms with E-state index in [1.807, 2.05) is 0 Å². The summed E-state index contributed by atoms with van der Waals surface area (Å²) in [6.07, 6.45) is 3.81. The van der Waals surface area contributed by atoms with E-state index in [1.165, 1.54) is 12.8 Å². The minimum absolute atomic E-state index is 0.103. The van der Waals surface area contributed by atoms with Gasteiger partial charge in [0.15, 0.2) is 0 Å². The molecule has 3 aliphatic heterocycles. The van der Waals surface area contributed by atoms with E-state index < -0.39 is 0 Å². The van der Waals surface area contributed by atoms with E-state index >= 15 is 0 Å². The van der Waals surface area contributed by atoms with Crippen LogP contribution in [0.1, 0.15) is 19.3 Å². The first-order valence-electron chi connectivity index (χ1n) is 6.29. The van der Waals surface area contributed by atoms with Gasteiger partial charge in [-0.3, -0.25) is 9.69 Å². The molecule has 0 aromatic heterocycles. The van der Waals surface area contributed by atoms with Crippen molar-refractivity contribution in [3.8, 4) is 0 Å². The van der Waals surface area contributed by atoms with Gasteiger partial charge in [0.05, 0.1) is 31.3 Å². The minimum atomic E-state index is 0.103. The van der Waals surface area contributed by atoms with Gasteiger partial charge >= 0.3 is 0 Å². The Morgan fingerprint density at radius 3 is 2.69 bits per heavy atom. The van der Waals surface area contributed by atoms with Crippen molar-refractivity contribution < 1.29 is 14.3 Å². The zero-order valence-electron chi connectivity index (χ0n) is 9.56. The molecule has 0 aromatic carbocycles. The van der Waals surface area contributed by atoms with Crippen molar-refractivity contribution in [2.45, 2.75) is 31.5 Å². The van der Waals surface area contributed by atoms with Crippen LogP contribution in [0.5, 0.6) is 0 Å². The van der Waals surface area contributed by atoms with Crippen molar-refractivity contribution >= 4 is 5.78 Å². The van der Waals surface area contributed by atoms with Crippen molar-refractivity contribution in [2.75, 3.05) is 32.8 Å². The van der Waals surface area contributed by atoms with E-state index in [4.69, 9.17) is 9.47 Å². The number of carbonyl (C=O) groups is 1. The van der Waals surface area contributed by atoms with Crippen LogP contribution in [0.2, 0.25) is 0 Å². The van der Waals surface area contributed by atoms with E-state index in [0.29, 0.717) is 37.6 Å². The third-order valence-electron chi connectivity index (χ3n) is 3.86. The second-order valence-corrected chi connectivity index (χ2v) is 5.16. The van der Waals surface area contributed by atoms with Crippen molar-refractivity contribution in [1.29, 1.82) is 0 Å². The first-order chi connectivity index (χ1) is 7.81. The summed E-state index contributed by atoms with van der Waals surface area (Å²) in [7, 11) is 0. The number of Topliss-reactive ketones (excluding diaryl/α,β-unsaturated/α-hetero) is 1. The lowest BCUT2D eigenvalue weighted by molar-refractivity contribution is -0.132. The number of hydrogen-bond acceptors (Lipinski definition) is 4. The van der Waals surface area contributed by atoms with Gasteiger partial charge in [0.25, 0.3) is 0 Å². The van der Waals surface area contributed by atoms with Gasteiger partial charge in [-0.05, 0) is 12.8 Å². The molecule has 4 nitrogen and oxygen atoms in total. The molecule has 3 heterocycles. The number of morpholine rings is 1. The Bertz CT molecular complexity index is 269. The van der Waals surface area contributed by atoms with E-state index in [-0.39, 0.29) is 5.92 Å². The molecule has 0 N–H and O–H groups in total. The third-order valence-corrected chi connectivity index (χ3v) is 3.86. The molecule has 3 unspecified atom stereocenters. The molecule has 0 aliphatic carbocycles. The molecule has 0 saturated carbocycles. The average molecular weight is 225 g/mol. The third kappa shape index (κ3) is 2.14. The summed E-state index contributed by atoms with van der Waals surface area (Å²) in [5.74, 6) is 0.483. The van der Waals surface area contributed by atoms with Crippen LogP contribution in [-0.4, -0.2) is 55.7 Å². The fourth-order valence-electron chi connectivity index (χ4n) is 3.01. The highest BCUT2D eigenvalue weighted by atomic mass is 16.5. The fraction of sp³-hybridized carbons (Fsp3) is 0.917. The summed E-state index contributed by atoms with van der Waals surface area (Å²) >= 11 is 0. The highest BCUT2D eigenvalue weighted by Crippen LogP contribution is 2.27. The van der Waals surface area contributed by atoms with Crippen molar-refractivity contribution in [2.24, 2.45) is 5.92 Å². The Morgan fingerprint density at radius 1 is 1.25 bits per heavy atom. The van der Waals surface area contributed by atoms with Crippen LogP contribution in [0.3, 0.4) is 0 Å². The normalized spacial score (nSPS) is 40.2. The Labute approximate surface area is 95.9 Å². The van der Waals surface area contributed by atoms with Gasteiger partial charge in [-0.25, -0.2) is 0 Å². The minimum Gasteiger partial charge on any atom is -0.380 e. The number of fused-ring (bicyclic) bond motifs is 2. The zero-order valence-corrected chi connectivity index (χ0v) is 9.56. The van der Waals surface area contributed by atoms with E-state index in [0.717, 1.165) is 19.6 Å². The molecule has 0 spiro atoms. The van der Waals surface area contributed by atoms with Crippen LogP contribution in [0.15, 0.2) is 0 Å². The molecule has 90 valence electrons. The SMILES string of the molecule is O=C1CCOCC1CN1CC2CCC(C1)O2. The zero-order chi connectivity index (χ0) is 11.0. The smallest absolute Gasteiger partial charge is 0.141 e. The maximum Gasteiger partial charge on any atom is 0.141 e. The number of carbonyl (C=O) groups excluding carboxylic acids is 1. The standard InChI is InChI=1S/C12H19NO3/c14-12-3-4-15-8-9(12)5-13-6-10-1-2-11(7-13)16-10/h9-11H,1-8H2. The lowest BCUT2D eigenvalue weighted by Crippen LogP contribution is -2.47. The van der Waals surface area contributed by atoms with Crippen molar-refractivity contribution in [3.05, 3.63) is 0 Å². The average Bonchev–Trinajstić information content (AvgIpc) is 2.62. The van der Waals surface area contributed by atoms with Gasteiger partial charge in [-0.15, -0.1) is 0 Å². The summed E-state index contributed by atoms with van der Waals surface area (Å²) in [6.45, 7) is 4.10. The molecule has 0 radical (unpaired) electrons. The quantitative estimate of drug-likeness (QED) is 0.684. The Hall–Kier alpha value is -0.450. The van der Waals surface area contributed by atoms with Gasteiger partial charge in [0, 0.05) is 26.1 Å². The molecular weight excluding hydrogens is 206 g/mol. The molecular formula is C12H19NO3. The molecule has 0 aromatic rings. The van der Waals surface area contributed by atoms with E-state index in [9.17, 15) is 4.79 Å². The summed E-state index contributed by atoms with van der Waals surface area (Å²) in [4.78, 5) is 14.1. The summed E-state index contributed by atoms with van der Waals surface area (Å²) in [5, 5.41) is 0. The van der Waals surface area contributed by atoms with E-state index in [1.54, 1.807) is 0 Å². The largest absolute Gasteiger partial charge is 0.380 e. The Morgan fingerprint density at radius 2 is 2.00 bits per heavy atom. The van der Waals surface area contributed by atoms with Crippen LogP contribution in [0.4, 0.5) is 0 Å². The van der Waals surface area contributed by atoms with Gasteiger partial charge < -0.3 is 9.47 Å². The number of likely N-dealkylation sites (tertiary alicyclic amines) is 1. The molecule has 3 saturated heterocycles. The van der Waals surface area contributed by atoms with Crippen LogP contribution in [-0.2, 0) is 14.3 Å². The summed E-state index contributed by atoms with van der Waals surface area (Å²) in [6, 6.07) is 0. The molecule has 16 heavy (non-hydrogen) atoms. The molecule has 0 amide bonds. The van der Waals surface area contributed by atoms with Crippen LogP contribution < -0.4 is 0 Å². The van der Waals surface area contributed by atoms with E-state index in [2.05, 4.69) is 4.90 Å². The lowest BCUT2D eigenvalue weighted by atomic mass is 9.99. The number of ketones is 1. The highest BCUT2D eigenvalue weighted by Gasteiger charge is 2.35. The maximum absolute atomic E-state index is 11.7.